The van der Waals surface area contributed by atoms with Gasteiger partial charge in [-0.1, -0.05) is 41.9 Å². The lowest BCUT2D eigenvalue weighted by Crippen LogP contribution is -2.10. The molecule has 2 rings (SSSR count). The molecule has 5 nitrogen and oxygen atoms in total. The molecule has 2 aromatic rings. The molecule has 0 aliphatic rings. The number of benzene rings is 1. The lowest BCUT2D eigenvalue weighted by molar-refractivity contribution is 0.986. The molecular weight excluding hydrogens is 252 g/mol. The number of hydrogen-bond acceptors (Lipinski definition) is 4. The third-order valence-electron chi connectivity index (χ3n) is 2.33. The van der Waals surface area contributed by atoms with E-state index in [2.05, 4.69) is 20.7 Å². The lowest BCUT2D eigenvalue weighted by Gasteiger charge is -2.03. The average molecular weight is 263 g/mol. The summed E-state index contributed by atoms with van der Waals surface area (Å²) in [6.45, 7) is 1.86. The Labute approximate surface area is 109 Å². The van der Waals surface area contributed by atoms with Gasteiger partial charge in [-0.05, 0) is 12.5 Å². The van der Waals surface area contributed by atoms with Crippen molar-refractivity contribution in [3.8, 4) is 0 Å². The van der Waals surface area contributed by atoms with Crippen molar-refractivity contribution in [1.82, 2.24) is 10.2 Å². The molecule has 0 saturated carbocycles. The Kier molecular flexibility index (Phi) is 3.74. The standard InChI is InChI=1S/C12H11ClN4O/c1-8(9-5-3-2-4-6-9)15-16-10-7-14-17-12(18)11(10)13/h2-7H,1H3,(H2,16,17,18)/b15-8+. The van der Waals surface area contributed by atoms with Gasteiger partial charge in [0.1, 0.15) is 10.7 Å². The van der Waals surface area contributed by atoms with E-state index in [0.29, 0.717) is 5.69 Å². The van der Waals surface area contributed by atoms with E-state index in [1.165, 1.54) is 6.20 Å². The van der Waals surface area contributed by atoms with E-state index in [4.69, 9.17) is 11.6 Å². The van der Waals surface area contributed by atoms with Gasteiger partial charge in [0.25, 0.3) is 5.56 Å². The summed E-state index contributed by atoms with van der Waals surface area (Å²) in [5, 5.41) is 10.1. The number of halogens is 1. The number of hydrogen-bond donors (Lipinski definition) is 2. The molecule has 6 heteroatoms. The van der Waals surface area contributed by atoms with Gasteiger partial charge < -0.3 is 0 Å². The van der Waals surface area contributed by atoms with Crippen LogP contribution < -0.4 is 11.0 Å². The predicted molar refractivity (Wildman–Crippen MR) is 72.1 cm³/mol. The van der Waals surface area contributed by atoms with Crippen LogP contribution in [0.15, 0.2) is 46.4 Å². The SMILES string of the molecule is C/C(=N\Nc1cn[nH]c(=O)c1Cl)c1ccccc1. The molecule has 0 spiro atoms. The van der Waals surface area contributed by atoms with Gasteiger partial charge in [-0.15, -0.1) is 0 Å². The second kappa shape index (κ2) is 5.46. The summed E-state index contributed by atoms with van der Waals surface area (Å²) >= 11 is 5.81. The Morgan fingerprint density at radius 1 is 1.39 bits per heavy atom. The average Bonchev–Trinajstić information content (AvgIpc) is 2.41. The number of rotatable bonds is 3. The Balaban J connectivity index is 2.21. The fraction of sp³-hybridized carbons (Fsp3) is 0.0833. The topological polar surface area (TPSA) is 70.1 Å². The maximum atomic E-state index is 11.2. The number of anilines is 1. The molecule has 0 fully saturated rings. The Morgan fingerprint density at radius 2 is 2.11 bits per heavy atom. The quantitative estimate of drug-likeness (QED) is 0.658. The fourth-order valence-corrected chi connectivity index (χ4v) is 1.48. The molecule has 0 aliphatic heterocycles. The Bertz CT molecular complexity index is 621. The van der Waals surface area contributed by atoms with Gasteiger partial charge in [-0.3, -0.25) is 10.2 Å². The second-order valence-electron chi connectivity index (χ2n) is 3.60. The van der Waals surface area contributed by atoms with E-state index >= 15 is 0 Å². The summed E-state index contributed by atoms with van der Waals surface area (Å²) in [4.78, 5) is 11.2. The summed E-state index contributed by atoms with van der Waals surface area (Å²) in [7, 11) is 0. The third-order valence-corrected chi connectivity index (χ3v) is 2.71. The van der Waals surface area contributed by atoms with Gasteiger partial charge in [-0.25, -0.2) is 5.10 Å². The Morgan fingerprint density at radius 3 is 2.83 bits per heavy atom. The monoisotopic (exact) mass is 262 g/mol. The van der Waals surface area contributed by atoms with Gasteiger partial charge in [0.2, 0.25) is 0 Å². The third kappa shape index (κ3) is 2.75. The molecule has 0 amide bonds. The maximum absolute atomic E-state index is 11.2. The molecular formula is C12H11ClN4O. The van der Waals surface area contributed by atoms with Crippen LogP contribution in [0.25, 0.3) is 0 Å². The van der Waals surface area contributed by atoms with Crippen molar-refractivity contribution in [3.63, 3.8) is 0 Å². The zero-order chi connectivity index (χ0) is 13.0. The van der Waals surface area contributed by atoms with Crippen molar-refractivity contribution in [2.45, 2.75) is 6.92 Å². The van der Waals surface area contributed by atoms with Crippen molar-refractivity contribution in [2.75, 3.05) is 5.43 Å². The summed E-state index contributed by atoms with van der Waals surface area (Å²) in [6, 6.07) is 9.67. The van der Waals surface area contributed by atoms with Crippen LogP contribution in [0.2, 0.25) is 5.02 Å². The smallest absolute Gasteiger partial charge is 0.275 e. The molecule has 1 heterocycles. The van der Waals surface area contributed by atoms with Gasteiger partial charge in [-0.2, -0.15) is 10.2 Å². The summed E-state index contributed by atoms with van der Waals surface area (Å²) < 4.78 is 0. The Hall–Kier alpha value is -2.14. The first-order valence-electron chi connectivity index (χ1n) is 5.27. The number of H-pyrrole nitrogens is 1. The highest BCUT2D eigenvalue weighted by atomic mass is 35.5. The number of hydrazone groups is 1. The lowest BCUT2D eigenvalue weighted by atomic mass is 10.1. The van der Waals surface area contributed by atoms with E-state index in [9.17, 15) is 4.79 Å². The summed E-state index contributed by atoms with van der Waals surface area (Å²) in [5.41, 5.74) is 4.42. The number of nitrogens with zero attached hydrogens (tertiary/aromatic N) is 2. The minimum absolute atomic E-state index is 0.0367. The van der Waals surface area contributed by atoms with Gasteiger partial charge >= 0.3 is 0 Å². The first-order chi connectivity index (χ1) is 8.68. The molecule has 2 N–H and O–H groups in total. The number of aromatic nitrogens is 2. The highest BCUT2D eigenvalue weighted by molar-refractivity contribution is 6.32. The van der Waals surface area contributed by atoms with Crippen LogP contribution in [0.5, 0.6) is 0 Å². The van der Waals surface area contributed by atoms with Crippen molar-refractivity contribution < 1.29 is 0 Å². The number of nitrogens with one attached hydrogen (secondary N) is 2. The molecule has 0 radical (unpaired) electrons. The van der Waals surface area contributed by atoms with Crippen LogP contribution >= 0.6 is 11.6 Å². The first-order valence-corrected chi connectivity index (χ1v) is 5.65. The van der Waals surface area contributed by atoms with Gasteiger partial charge in [0.15, 0.2) is 0 Å². The highest BCUT2D eigenvalue weighted by Crippen LogP contribution is 2.14. The minimum Gasteiger partial charge on any atom is -0.275 e. The van der Waals surface area contributed by atoms with E-state index in [1.54, 1.807) is 0 Å². The van der Waals surface area contributed by atoms with E-state index in [-0.39, 0.29) is 5.02 Å². The molecule has 1 aromatic heterocycles. The largest absolute Gasteiger partial charge is 0.285 e. The van der Waals surface area contributed by atoms with Crippen molar-refractivity contribution >= 4 is 23.0 Å². The zero-order valence-corrected chi connectivity index (χ0v) is 10.4. The number of aromatic amines is 1. The summed E-state index contributed by atoms with van der Waals surface area (Å²) in [5.74, 6) is 0. The maximum Gasteiger partial charge on any atom is 0.285 e. The van der Waals surface area contributed by atoms with Crippen LogP contribution in [-0.4, -0.2) is 15.9 Å². The molecule has 92 valence electrons. The zero-order valence-electron chi connectivity index (χ0n) is 9.64. The van der Waals surface area contributed by atoms with Gasteiger partial charge in [0, 0.05) is 0 Å². The van der Waals surface area contributed by atoms with Crippen LogP contribution in [0, 0.1) is 0 Å². The van der Waals surface area contributed by atoms with Gasteiger partial charge in [0.05, 0.1) is 11.9 Å². The first kappa shape index (κ1) is 12.3. The molecule has 0 aliphatic carbocycles. The molecule has 0 bridgehead atoms. The second-order valence-corrected chi connectivity index (χ2v) is 3.98. The molecule has 1 aromatic carbocycles. The van der Waals surface area contributed by atoms with Crippen LogP contribution in [0.3, 0.4) is 0 Å². The van der Waals surface area contributed by atoms with Crippen LogP contribution in [0.4, 0.5) is 5.69 Å². The molecule has 0 unspecified atom stereocenters. The highest BCUT2D eigenvalue weighted by Gasteiger charge is 2.03. The van der Waals surface area contributed by atoms with Crippen molar-refractivity contribution in [2.24, 2.45) is 5.10 Å². The normalized spacial score (nSPS) is 11.3. The predicted octanol–water partition coefficient (Wildman–Crippen LogP) is 2.26. The molecule has 0 atom stereocenters. The van der Waals surface area contributed by atoms with Crippen molar-refractivity contribution in [3.05, 3.63) is 57.5 Å². The van der Waals surface area contributed by atoms with Crippen LogP contribution in [0.1, 0.15) is 12.5 Å². The van der Waals surface area contributed by atoms with Crippen molar-refractivity contribution in [1.29, 1.82) is 0 Å². The van der Waals surface area contributed by atoms with Crippen LogP contribution in [-0.2, 0) is 0 Å². The minimum atomic E-state index is -0.450. The summed E-state index contributed by atoms with van der Waals surface area (Å²) in [6.07, 6.45) is 1.41. The van der Waals surface area contributed by atoms with E-state index in [1.807, 2.05) is 37.3 Å². The van der Waals surface area contributed by atoms with E-state index < -0.39 is 5.56 Å². The molecule has 0 saturated heterocycles. The fourth-order valence-electron chi connectivity index (χ4n) is 1.35. The van der Waals surface area contributed by atoms with E-state index in [0.717, 1.165) is 11.3 Å². The molecule has 18 heavy (non-hydrogen) atoms.